The molecule has 0 atom stereocenters. The van der Waals surface area contributed by atoms with E-state index in [9.17, 15) is 0 Å². The minimum Gasteiger partial charge on any atom is -2.00 e. The molecular weight excluding hydrogens is 97.7 g/mol. The predicted octanol–water partition coefficient (Wildman–Crippen LogP) is -0.621. The van der Waals surface area contributed by atoms with Gasteiger partial charge >= 0.3 is 25.5 Å². The van der Waals surface area contributed by atoms with Crippen molar-refractivity contribution in [1.29, 1.82) is 0 Å². The molecule has 0 aliphatic rings. The first kappa shape index (κ1) is 217. The van der Waals surface area contributed by atoms with Gasteiger partial charge in [0.05, 0.1) is 0 Å². The molecule has 0 fully saturated rings. The smallest absolute Gasteiger partial charge is 2.00 e. The second-order valence-electron chi connectivity index (χ2n) is 0. The normalized spacial score (nSPS) is 0. The zero-order chi connectivity index (χ0) is 0. The molecule has 0 amide bonds. The fourth-order valence-corrected chi connectivity index (χ4v) is 0. The van der Waals surface area contributed by atoms with Crippen LogP contribution in [0.25, 0.3) is 0 Å². The Morgan fingerprint density at radius 2 is 0.750 bits per heavy atom. The van der Waals surface area contributed by atoms with Crippen LogP contribution in [0.2, 0.25) is 0 Å². The molecule has 0 saturated carbocycles. The molecule has 0 aliphatic carbocycles. The summed E-state index contributed by atoms with van der Waals surface area (Å²) in [6, 6.07) is 0. The molecule has 0 aromatic rings. The first-order valence-electron chi connectivity index (χ1n) is 0. The van der Waals surface area contributed by atoms with E-state index in [0.29, 0.717) is 0 Å². The van der Waals surface area contributed by atoms with Crippen LogP contribution >= 0.6 is 0 Å². The van der Waals surface area contributed by atoms with Gasteiger partial charge in [0.1, 0.15) is 0 Å². The van der Waals surface area contributed by atoms with Crippen molar-refractivity contribution in [1.82, 2.24) is 0 Å². The molecule has 2 nitrogen and oxygen atoms in total. The molecule has 0 aromatic carbocycles. The molecule has 21 valence electrons. The van der Waals surface area contributed by atoms with Crippen molar-refractivity contribution in [3.8, 4) is 0 Å². The standard InChI is InChI=1S/B.Mn.2O/q+3;+2;2*-2. The van der Waals surface area contributed by atoms with E-state index in [2.05, 4.69) is 0 Å². The van der Waals surface area contributed by atoms with Gasteiger partial charge in [-0.2, -0.15) is 0 Å². The van der Waals surface area contributed by atoms with Crippen molar-refractivity contribution in [2.75, 3.05) is 0 Å². The van der Waals surface area contributed by atoms with Crippen LogP contribution in [-0.2, 0) is 28.0 Å². The average molecular weight is 97.7 g/mol. The predicted molar refractivity (Wildman–Crippen MR) is 7.13 cm³/mol. The quantitative estimate of drug-likeness (QED) is 0.362. The molecule has 0 saturated heterocycles. The Balaban J connectivity index is 0. The minimum atomic E-state index is 0. The van der Waals surface area contributed by atoms with E-state index < -0.39 is 0 Å². The molecule has 0 N–H and O–H groups in total. The fourth-order valence-electron chi connectivity index (χ4n) is 0. The van der Waals surface area contributed by atoms with E-state index in [0.717, 1.165) is 0 Å². The Morgan fingerprint density at radius 1 is 0.750 bits per heavy atom. The fraction of sp³-hybridized carbons (Fsp3) is 0. The summed E-state index contributed by atoms with van der Waals surface area (Å²) in [5.74, 6) is 0. The van der Waals surface area contributed by atoms with Gasteiger partial charge in [-0.1, -0.05) is 0 Å². The van der Waals surface area contributed by atoms with E-state index in [1.165, 1.54) is 0 Å². The molecule has 0 spiro atoms. The minimum absolute atomic E-state index is 0. The monoisotopic (exact) mass is 97.9 g/mol. The molecule has 0 unspecified atom stereocenters. The maximum absolute atomic E-state index is 0. The van der Waals surface area contributed by atoms with E-state index in [1.54, 1.807) is 0 Å². The van der Waals surface area contributed by atoms with Gasteiger partial charge in [0, 0.05) is 0 Å². The van der Waals surface area contributed by atoms with Gasteiger partial charge in [-0.3, -0.25) is 0 Å². The van der Waals surface area contributed by atoms with Gasteiger partial charge in [-0.05, 0) is 0 Å². The molecule has 0 aromatic heterocycles. The van der Waals surface area contributed by atoms with Gasteiger partial charge in [0.25, 0.3) is 0 Å². The Bertz CT molecular complexity index is 6.00. The molecule has 4 heteroatoms. The molecule has 0 bridgehead atoms. The topological polar surface area (TPSA) is 57.0 Å². The van der Waals surface area contributed by atoms with Crippen LogP contribution in [0, 0.1) is 0 Å². The van der Waals surface area contributed by atoms with Gasteiger partial charge in [0.15, 0.2) is 0 Å². The number of rotatable bonds is 0. The van der Waals surface area contributed by atoms with Crippen molar-refractivity contribution in [3.05, 3.63) is 0 Å². The van der Waals surface area contributed by atoms with Gasteiger partial charge in [0.2, 0.25) is 0 Å². The maximum Gasteiger partial charge on any atom is 3.00 e. The van der Waals surface area contributed by atoms with Gasteiger partial charge in [-0.15, -0.1) is 0 Å². The third-order valence-corrected chi connectivity index (χ3v) is 0. The van der Waals surface area contributed by atoms with Crippen LogP contribution < -0.4 is 0 Å². The third kappa shape index (κ3) is 22.3. The van der Waals surface area contributed by atoms with Crippen molar-refractivity contribution in [3.63, 3.8) is 0 Å². The third-order valence-electron chi connectivity index (χ3n) is 0. The Hall–Kier alpha value is 0.504. The van der Waals surface area contributed by atoms with Crippen molar-refractivity contribution < 1.29 is 28.0 Å². The van der Waals surface area contributed by atoms with Crippen LogP contribution in [0.1, 0.15) is 0 Å². The van der Waals surface area contributed by atoms with Gasteiger partial charge in [-0.25, -0.2) is 0 Å². The summed E-state index contributed by atoms with van der Waals surface area (Å²) in [6.45, 7) is 0. The summed E-state index contributed by atoms with van der Waals surface area (Å²) in [4.78, 5) is 0. The number of hydrogen-bond acceptors (Lipinski definition) is 0. The largest absolute Gasteiger partial charge is 3.00 e. The second kappa shape index (κ2) is 86.4. The van der Waals surface area contributed by atoms with Crippen molar-refractivity contribution in [2.45, 2.75) is 0 Å². The first-order chi connectivity index (χ1) is 0. The van der Waals surface area contributed by atoms with Gasteiger partial charge < -0.3 is 11.0 Å². The molecule has 0 aliphatic heterocycles. The summed E-state index contributed by atoms with van der Waals surface area (Å²) in [6.07, 6.45) is 0. The van der Waals surface area contributed by atoms with Crippen molar-refractivity contribution in [2.24, 2.45) is 0 Å². The zero-order valence-corrected chi connectivity index (χ0v) is 2.95. The summed E-state index contributed by atoms with van der Waals surface area (Å²) >= 11 is 0. The van der Waals surface area contributed by atoms with Crippen LogP contribution in [0.15, 0.2) is 0 Å². The van der Waals surface area contributed by atoms with Crippen molar-refractivity contribution >= 4 is 8.41 Å². The molecular formula is BMnO2+. The Kier molecular flexibility index (Phi) is 4700. The molecule has 0 rings (SSSR count). The summed E-state index contributed by atoms with van der Waals surface area (Å²) in [5.41, 5.74) is 0. The van der Waals surface area contributed by atoms with Crippen LogP contribution in [0.3, 0.4) is 0 Å². The zero-order valence-electron chi connectivity index (χ0n) is 1.77. The molecule has 4 heavy (non-hydrogen) atoms. The molecule has 0 heterocycles. The second-order valence-corrected chi connectivity index (χ2v) is 0. The number of hydrogen-bond donors (Lipinski definition) is 0. The molecule has 1 radical (unpaired) electrons. The Morgan fingerprint density at radius 3 is 0.750 bits per heavy atom. The van der Waals surface area contributed by atoms with E-state index in [4.69, 9.17) is 0 Å². The SMILES string of the molecule is [B+3].[Mn+2].[O-2].[O-2]. The first-order valence-corrected chi connectivity index (χ1v) is 0. The summed E-state index contributed by atoms with van der Waals surface area (Å²) < 4.78 is 0. The van der Waals surface area contributed by atoms with E-state index in [-0.39, 0.29) is 36.4 Å². The summed E-state index contributed by atoms with van der Waals surface area (Å²) in [7, 11) is 0. The summed E-state index contributed by atoms with van der Waals surface area (Å²) in [5, 5.41) is 0. The van der Waals surface area contributed by atoms with Crippen LogP contribution in [0.5, 0.6) is 0 Å². The van der Waals surface area contributed by atoms with E-state index in [1.807, 2.05) is 0 Å². The van der Waals surface area contributed by atoms with E-state index >= 15 is 0 Å². The van der Waals surface area contributed by atoms with Crippen LogP contribution in [0.4, 0.5) is 0 Å². The maximum atomic E-state index is 0. The Labute approximate surface area is 37.2 Å². The average Bonchev–Trinajstić information content (AvgIpc) is 0. The van der Waals surface area contributed by atoms with Crippen LogP contribution in [-0.4, -0.2) is 8.41 Å².